The summed E-state index contributed by atoms with van der Waals surface area (Å²) in [6.45, 7) is 14.3. The van der Waals surface area contributed by atoms with Gasteiger partial charge in [0.05, 0.1) is 5.69 Å². The van der Waals surface area contributed by atoms with Crippen molar-refractivity contribution in [1.82, 2.24) is 19.9 Å². The molecule has 1 N–H and O–H groups in total. The van der Waals surface area contributed by atoms with E-state index in [-0.39, 0.29) is 16.9 Å². The number of nitrogens with one attached hydrogen (secondary N) is 1. The molecule has 0 bridgehead atoms. The molecule has 0 unspecified atom stereocenters. The van der Waals surface area contributed by atoms with Crippen LogP contribution in [0.3, 0.4) is 0 Å². The van der Waals surface area contributed by atoms with Crippen molar-refractivity contribution in [2.45, 2.75) is 59.4 Å². The average Bonchev–Trinajstić information content (AvgIpc) is 3.11. The highest BCUT2D eigenvalue weighted by atomic mass is 16.1. The molecule has 29 heavy (non-hydrogen) atoms. The van der Waals surface area contributed by atoms with E-state index < -0.39 is 0 Å². The molecule has 0 aliphatic heterocycles. The fourth-order valence-electron chi connectivity index (χ4n) is 3.10. The minimum Gasteiger partial charge on any atom is -0.347 e. The van der Waals surface area contributed by atoms with Gasteiger partial charge in [0.25, 0.3) is 5.91 Å². The van der Waals surface area contributed by atoms with Gasteiger partial charge in [-0.05, 0) is 39.8 Å². The van der Waals surface area contributed by atoms with Crippen LogP contribution in [0.5, 0.6) is 0 Å². The second-order valence-corrected chi connectivity index (χ2v) is 9.54. The summed E-state index contributed by atoms with van der Waals surface area (Å²) in [7, 11) is 0. The number of aryl methyl sites for hydroxylation is 1. The maximum absolute atomic E-state index is 12.9. The number of imidazole rings is 1. The first-order chi connectivity index (χ1) is 13.4. The molecule has 1 amide bonds. The lowest BCUT2D eigenvalue weighted by molar-refractivity contribution is 0.0919. The van der Waals surface area contributed by atoms with Crippen LogP contribution in [0.2, 0.25) is 0 Å². The monoisotopic (exact) mass is 390 g/mol. The molecule has 0 atom stereocenters. The Morgan fingerprint density at radius 3 is 2.24 bits per heavy atom. The Bertz CT molecular complexity index is 1020. The standard InChI is InChI=1S/C24H30N4O/c1-16-8-10-17(11-9-16)19-14-18(21(29)27-24(5,6)7)15-20(26-19)28-13-12-25-22(28)23(2,3)4/h8-15H,1-7H3,(H,27,29). The molecule has 3 rings (SSSR count). The van der Waals surface area contributed by atoms with Gasteiger partial charge >= 0.3 is 0 Å². The molecule has 0 aliphatic carbocycles. The highest BCUT2D eigenvalue weighted by Crippen LogP contribution is 2.26. The first-order valence-electron chi connectivity index (χ1n) is 9.90. The van der Waals surface area contributed by atoms with Crippen molar-refractivity contribution in [2.24, 2.45) is 0 Å². The normalized spacial score (nSPS) is 12.1. The highest BCUT2D eigenvalue weighted by molar-refractivity contribution is 5.96. The number of aromatic nitrogens is 3. The number of benzene rings is 1. The zero-order valence-electron chi connectivity index (χ0n) is 18.4. The summed E-state index contributed by atoms with van der Waals surface area (Å²) < 4.78 is 1.96. The quantitative estimate of drug-likeness (QED) is 0.679. The third kappa shape index (κ3) is 4.91. The van der Waals surface area contributed by atoms with Gasteiger partial charge in [-0.15, -0.1) is 0 Å². The minimum atomic E-state index is -0.323. The van der Waals surface area contributed by atoms with Crippen molar-refractivity contribution in [3.05, 3.63) is 65.7 Å². The molecule has 0 aliphatic rings. The number of rotatable bonds is 3. The molecule has 0 fully saturated rings. The zero-order chi connectivity index (χ0) is 21.4. The Balaban J connectivity index is 2.17. The third-order valence-electron chi connectivity index (χ3n) is 4.47. The van der Waals surface area contributed by atoms with Crippen molar-refractivity contribution in [2.75, 3.05) is 0 Å². The molecular weight excluding hydrogens is 360 g/mol. The van der Waals surface area contributed by atoms with Crippen LogP contribution < -0.4 is 5.32 Å². The summed E-state index contributed by atoms with van der Waals surface area (Å²) in [5.74, 6) is 1.46. The van der Waals surface area contributed by atoms with E-state index in [1.54, 1.807) is 6.20 Å². The Hall–Kier alpha value is -2.95. The van der Waals surface area contributed by atoms with E-state index in [9.17, 15) is 4.79 Å². The molecule has 2 heterocycles. The van der Waals surface area contributed by atoms with E-state index in [0.29, 0.717) is 11.4 Å². The second-order valence-electron chi connectivity index (χ2n) is 9.54. The number of nitrogens with zero attached hydrogens (tertiary/aromatic N) is 3. The Kier molecular flexibility index (Phi) is 5.35. The van der Waals surface area contributed by atoms with Crippen LogP contribution in [-0.2, 0) is 5.41 Å². The predicted molar refractivity (Wildman–Crippen MR) is 117 cm³/mol. The summed E-state index contributed by atoms with van der Waals surface area (Å²) in [6.07, 6.45) is 3.67. The van der Waals surface area contributed by atoms with Gasteiger partial charge in [-0.1, -0.05) is 50.6 Å². The van der Waals surface area contributed by atoms with Crippen LogP contribution >= 0.6 is 0 Å². The number of hydrogen-bond donors (Lipinski definition) is 1. The first kappa shape index (κ1) is 20.8. The third-order valence-corrected chi connectivity index (χ3v) is 4.47. The van der Waals surface area contributed by atoms with Crippen LogP contribution in [0.1, 0.15) is 63.3 Å². The van der Waals surface area contributed by atoms with E-state index in [0.717, 1.165) is 17.1 Å². The van der Waals surface area contributed by atoms with Crippen LogP contribution in [0.15, 0.2) is 48.8 Å². The van der Waals surface area contributed by atoms with Gasteiger partial charge in [0, 0.05) is 34.5 Å². The molecule has 5 heteroatoms. The Morgan fingerprint density at radius 1 is 1.00 bits per heavy atom. The van der Waals surface area contributed by atoms with Gasteiger partial charge in [-0.2, -0.15) is 0 Å². The molecule has 2 aromatic heterocycles. The van der Waals surface area contributed by atoms with Crippen molar-refractivity contribution in [3.8, 4) is 17.1 Å². The average molecular weight is 391 g/mol. The van der Waals surface area contributed by atoms with Gasteiger partial charge in [-0.25, -0.2) is 9.97 Å². The first-order valence-corrected chi connectivity index (χ1v) is 9.90. The van der Waals surface area contributed by atoms with Gasteiger partial charge in [0.1, 0.15) is 11.6 Å². The Morgan fingerprint density at radius 2 is 1.66 bits per heavy atom. The maximum Gasteiger partial charge on any atom is 0.251 e. The van der Waals surface area contributed by atoms with Crippen LogP contribution in [-0.4, -0.2) is 26.0 Å². The molecule has 152 valence electrons. The molecule has 0 spiro atoms. The number of amides is 1. The van der Waals surface area contributed by atoms with E-state index in [1.807, 2.05) is 55.8 Å². The molecule has 0 saturated heterocycles. The number of pyridine rings is 1. The van der Waals surface area contributed by atoms with E-state index in [4.69, 9.17) is 4.98 Å². The smallest absolute Gasteiger partial charge is 0.251 e. The van der Waals surface area contributed by atoms with E-state index in [1.165, 1.54) is 5.56 Å². The van der Waals surface area contributed by atoms with Crippen LogP contribution in [0.4, 0.5) is 0 Å². The summed E-state index contributed by atoms with van der Waals surface area (Å²) in [5.41, 5.74) is 3.01. The van der Waals surface area contributed by atoms with Gasteiger partial charge < -0.3 is 5.32 Å². The Labute approximate surface area is 173 Å². The predicted octanol–water partition coefficient (Wildman–Crippen LogP) is 5.07. The van der Waals surface area contributed by atoms with Gasteiger partial charge in [0.15, 0.2) is 0 Å². The van der Waals surface area contributed by atoms with Crippen LogP contribution in [0, 0.1) is 6.92 Å². The fourth-order valence-corrected chi connectivity index (χ4v) is 3.10. The summed E-state index contributed by atoms with van der Waals surface area (Å²) in [5, 5.41) is 3.05. The number of carbonyl (C=O) groups is 1. The summed E-state index contributed by atoms with van der Waals surface area (Å²) >= 11 is 0. The van der Waals surface area contributed by atoms with Crippen molar-refractivity contribution < 1.29 is 4.79 Å². The highest BCUT2D eigenvalue weighted by Gasteiger charge is 2.23. The molecule has 0 saturated carbocycles. The lowest BCUT2D eigenvalue weighted by Gasteiger charge is -2.22. The van der Waals surface area contributed by atoms with Crippen LogP contribution in [0.25, 0.3) is 17.1 Å². The van der Waals surface area contributed by atoms with Crippen molar-refractivity contribution in [1.29, 1.82) is 0 Å². The van der Waals surface area contributed by atoms with E-state index in [2.05, 4.69) is 50.1 Å². The lowest BCUT2D eigenvalue weighted by atomic mass is 9.95. The van der Waals surface area contributed by atoms with Gasteiger partial charge in [-0.3, -0.25) is 9.36 Å². The van der Waals surface area contributed by atoms with Gasteiger partial charge in [0.2, 0.25) is 0 Å². The SMILES string of the molecule is Cc1ccc(-c2cc(C(=O)NC(C)(C)C)cc(-n3ccnc3C(C)(C)C)n2)cc1. The fraction of sp³-hybridized carbons (Fsp3) is 0.375. The molecule has 5 nitrogen and oxygen atoms in total. The topological polar surface area (TPSA) is 59.8 Å². The molecule has 1 aromatic carbocycles. The lowest BCUT2D eigenvalue weighted by Crippen LogP contribution is -2.40. The van der Waals surface area contributed by atoms with Crippen molar-refractivity contribution >= 4 is 5.91 Å². The number of hydrogen-bond acceptors (Lipinski definition) is 3. The maximum atomic E-state index is 12.9. The summed E-state index contributed by atoms with van der Waals surface area (Å²) in [6, 6.07) is 11.8. The molecule has 3 aromatic rings. The van der Waals surface area contributed by atoms with E-state index >= 15 is 0 Å². The zero-order valence-corrected chi connectivity index (χ0v) is 18.4. The largest absolute Gasteiger partial charge is 0.347 e. The second kappa shape index (κ2) is 7.47. The van der Waals surface area contributed by atoms with Crippen molar-refractivity contribution in [3.63, 3.8) is 0 Å². The number of carbonyl (C=O) groups excluding carboxylic acids is 1. The summed E-state index contributed by atoms with van der Waals surface area (Å²) in [4.78, 5) is 22.3. The minimum absolute atomic E-state index is 0.119. The molecular formula is C24H30N4O. The molecule has 0 radical (unpaired) electrons.